The maximum absolute atomic E-state index is 13.5. The number of fused-ring (bicyclic) bond motifs is 1. The van der Waals surface area contributed by atoms with Crippen LogP contribution in [0.4, 0.5) is 13.2 Å². The first-order valence-electron chi connectivity index (χ1n) is 12.7. The standard InChI is InChI=1S/C31H27F3N4O2/c1-19(2)40-26-14-12-25(13-15-26)37-20(3)16-23(21(37)4)18-35-38-29(22-8-7-9-24(17-22)31(32,33)34)36-28-11-6-5-10-27(28)30(38)39/h5-19H,1-4H3. The number of hydrogen-bond donors (Lipinski definition) is 0. The highest BCUT2D eigenvalue weighted by Gasteiger charge is 2.31. The third-order valence-corrected chi connectivity index (χ3v) is 6.45. The van der Waals surface area contributed by atoms with Crippen LogP contribution >= 0.6 is 0 Å². The fraction of sp³-hybridized carbons (Fsp3) is 0.194. The van der Waals surface area contributed by atoms with Crippen molar-refractivity contribution in [2.75, 3.05) is 0 Å². The highest BCUT2D eigenvalue weighted by molar-refractivity contribution is 5.83. The van der Waals surface area contributed by atoms with Gasteiger partial charge in [-0.3, -0.25) is 4.79 Å². The Kier molecular flexibility index (Phi) is 7.06. The van der Waals surface area contributed by atoms with E-state index in [1.807, 2.05) is 58.0 Å². The van der Waals surface area contributed by atoms with Crippen LogP contribution in [-0.2, 0) is 6.18 Å². The third kappa shape index (κ3) is 5.27. The van der Waals surface area contributed by atoms with Gasteiger partial charge in [0.1, 0.15) is 5.75 Å². The van der Waals surface area contributed by atoms with Gasteiger partial charge in [-0.15, -0.1) is 0 Å². The molecule has 0 amide bonds. The first-order valence-corrected chi connectivity index (χ1v) is 12.7. The molecular weight excluding hydrogens is 517 g/mol. The Morgan fingerprint density at radius 2 is 1.68 bits per heavy atom. The molecule has 0 saturated heterocycles. The van der Waals surface area contributed by atoms with Gasteiger partial charge in [-0.2, -0.15) is 22.9 Å². The number of aromatic nitrogens is 3. The molecule has 6 nitrogen and oxygen atoms in total. The van der Waals surface area contributed by atoms with E-state index >= 15 is 0 Å². The zero-order chi connectivity index (χ0) is 28.6. The van der Waals surface area contributed by atoms with E-state index in [1.165, 1.54) is 18.3 Å². The quantitative estimate of drug-likeness (QED) is 0.213. The highest BCUT2D eigenvalue weighted by Crippen LogP contribution is 2.32. The number of alkyl halides is 3. The van der Waals surface area contributed by atoms with E-state index < -0.39 is 17.3 Å². The molecule has 0 unspecified atom stereocenters. The number of hydrogen-bond acceptors (Lipinski definition) is 4. The van der Waals surface area contributed by atoms with Gasteiger partial charge >= 0.3 is 6.18 Å². The van der Waals surface area contributed by atoms with Crippen LogP contribution in [0.2, 0.25) is 0 Å². The molecular formula is C31H27F3N4O2. The van der Waals surface area contributed by atoms with Gasteiger partial charge in [0, 0.05) is 28.2 Å². The largest absolute Gasteiger partial charge is 0.491 e. The lowest BCUT2D eigenvalue weighted by atomic mass is 10.1. The third-order valence-electron chi connectivity index (χ3n) is 6.45. The Morgan fingerprint density at radius 1 is 0.950 bits per heavy atom. The maximum Gasteiger partial charge on any atom is 0.416 e. The summed E-state index contributed by atoms with van der Waals surface area (Å²) in [6.07, 6.45) is -2.94. The van der Waals surface area contributed by atoms with Crippen LogP contribution in [0.3, 0.4) is 0 Å². The Hall–Kier alpha value is -4.66. The molecule has 5 aromatic rings. The fourth-order valence-electron chi connectivity index (χ4n) is 4.63. The number of benzene rings is 3. The molecule has 5 rings (SSSR count). The molecule has 0 aliphatic carbocycles. The van der Waals surface area contributed by atoms with E-state index in [0.29, 0.717) is 10.9 Å². The van der Waals surface area contributed by atoms with Gasteiger partial charge in [0.2, 0.25) is 0 Å². The molecule has 0 fully saturated rings. The molecule has 204 valence electrons. The van der Waals surface area contributed by atoms with Crippen molar-refractivity contribution in [1.29, 1.82) is 0 Å². The molecule has 2 aromatic heterocycles. The van der Waals surface area contributed by atoms with E-state index in [1.54, 1.807) is 24.3 Å². The molecule has 3 aromatic carbocycles. The summed E-state index contributed by atoms with van der Waals surface area (Å²) in [5.74, 6) is 0.786. The minimum atomic E-state index is -4.54. The van der Waals surface area contributed by atoms with E-state index in [4.69, 9.17) is 4.74 Å². The second-order valence-corrected chi connectivity index (χ2v) is 9.72. The summed E-state index contributed by atoms with van der Waals surface area (Å²) in [6, 6.07) is 21.1. The Labute approximate surface area is 229 Å². The van der Waals surface area contributed by atoms with Gasteiger partial charge in [-0.05, 0) is 82.3 Å². The number of nitrogens with zero attached hydrogens (tertiary/aromatic N) is 4. The van der Waals surface area contributed by atoms with Crippen LogP contribution in [0, 0.1) is 13.8 Å². The summed E-state index contributed by atoms with van der Waals surface area (Å²) in [4.78, 5) is 18.0. The number of aryl methyl sites for hydroxylation is 1. The van der Waals surface area contributed by atoms with Crippen molar-refractivity contribution >= 4 is 17.1 Å². The van der Waals surface area contributed by atoms with Gasteiger partial charge in [-0.1, -0.05) is 24.3 Å². The van der Waals surface area contributed by atoms with Gasteiger partial charge in [-0.25, -0.2) is 4.98 Å². The molecule has 0 aliphatic rings. The monoisotopic (exact) mass is 544 g/mol. The van der Waals surface area contributed by atoms with Crippen molar-refractivity contribution in [3.05, 3.63) is 112 Å². The normalized spacial score (nSPS) is 12.1. The molecule has 40 heavy (non-hydrogen) atoms. The maximum atomic E-state index is 13.5. The topological polar surface area (TPSA) is 61.4 Å². The lowest BCUT2D eigenvalue weighted by Gasteiger charge is -2.13. The zero-order valence-corrected chi connectivity index (χ0v) is 22.4. The van der Waals surface area contributed by atoms with E-state index in [0.717, 1.165) is 45.2 Å². The second-order valence-electron chi connectivity index (χ2n) is 9.72. The lowest BCUT2D eigenvalue weighted by molar-refractivity contribution is -0.137. The molecule has 0 radical (unpaired) electrons. The number of para-hydroxylation sites is 1. The Morgan fingerprint density at radius 3 is 2.38 bits per heavy atom. The summed E-state index contributed by atoms with van der Waals surface area (Å²) in [5, 5.41) is 4.76. The van der Waals surface area contributed by atoms with Gasteiger partial charge in [0.15, 0.2) is 5.82 Å². The molecule has 0 N–H and O–H groups in total. The average molecular weight is 545 g/mol. The fourth-order valence-corrected chi connectivity index (χ4v) is 4.63. The van der Waals surface area contributed by atoms with Gasteiger partial charge in [0.05, 0.1) is 28.8 Å². The lowest BCUT2D eigenvalue weighted by Crippen LogP contribution is -2.20. The van der Waals surface area contributed by atoms with Crippen molar-refractivity contribution in [2.24, 2.45) is 5.10 Å². The number of ether oxygens (including phenoxy) is 1. The summed E-state index contributed by atoms with van der Waals surface area (Å²) in [7, 11) is 0. The van der Waals surface area contributed by atoms with Crippen molar-refractivity contribution < 1.29 is 17.9 Å². The van der Waals surface area contributed by atoms with Crippen LogP contribution in [-0.4, -0.2) is 26.5 Å². The molecule has 0 atom stereocenters. The van der Waals surface area contributed by atoms with Crippen LogP contribution in [0.15, 0.2) is 88.8 Å². The smallest absolute Gasteiger partial charge is 0.416 e. The first-order chi connectivity index (χ1) is 19.0. The SMILES string of the molecule is Cc1cc(C=Nn2c(-c3cccc(C(F)(F)F)c3)nc3ccccc3c2=O)c(C)n1-c1ccc(OC(C)C)cc1. The van der Waals surface area contributed by atoms with Crippen LogP contribution in [0.25, 0.3) is 28.0 Å². The predicted octanol–water partition coefficient (Wildman–Crippen LogP) is 7.16. The molecule has 0 spiro atoms. The van der Waals surface area contributed by atoms with E-state index in [9.17, 15) is 18.0 Å². The molecule has 0 aliphatic heterocycles. The van der Waals surface area contributed by atoms with Gasteiger partial charge in [0.25, 0.3) is 5.56 Å². The van der Waals surface area contributed by atoms with Crippen molar-refractivity contribution in [1.82, 2.24) is 14.2 Å². The zero-order valence-electron chi connectivity index (χ0n) is 22.4. The Balaban J connectivity index is 1.60. The second kappa shape index (κ2) is 10.5. The minimum Gasteiger partial charge on any atom is -0.491 e. The van der Waals surface area contributed by atoms with Crippen LogP contribution in [0.5, 0.6) is 5.75 Å². The number of rotatable bonds is 6. The molecule has 0 bridgehead atoms. The van der Waals surface area contributed by atoms with Crippen molar-refractivity contribution in [3.63, 3.8) is 0 Å². The summed E-state index contributed by atoms with van der Waals surface area (Å²) < 4.78 is 49.2. The van der Waals surface area contributed by atoms with Crippen LogP contribution in [0.1, 0.15) is 36.4 Å². The Bertz CT molecular complexity index is 1780. The van der Waals surface area contributed by atoms with Crippen molar-refractivity contribution in [3.8, 4) is 22.8 Å². The van der Waals surface area contributed by atoms with Crippen molar-refractivity contribution in [2.45, 2.75) is 40.0 Å². The van der Waals surface area contributed by atoms with Gasteiger partial charge < -0.3 is 9.30 Å². The molecule has 2 heterocycles. The molecule has 0 saturated carbocycles. The van der Waals surface area contributed by atoms with Crippen LogP contribution < -0.4 is 10.3 Å². The summed E-state index contributed by atoms with van der Waals surface area (Å²) in [5.41, 5.74) is 2.67. The predicted molar refractivity (Wildman–Crippen MR) is 150 cm³/mol. The summed E-state index contributed by atoms with van der Waals surface area (Å²) in [6.45, 7) is 7.83. The summed E-state index contributed by atoms with van der Waals surface area (Å²) >= 11 is 0. The first kappa shape index (κ1) is 26.9. The minimum absolute atomic E-state index is 0.0144. The number of halogens is 3. The van der Waals surface area contributed by atoms with E-state index in [-0.39, 0.29) is 17.5 Å². The highest BCUT2D eigenvalue weighted by atomic mass is 19.4. The average Bonchev–Trinajstić information content (AvgIpc) is 3.20. The molecule has 9 heteroatoms. The van der Waals surface area contributed by atoms with E-state index in [2.05, 4.69) is 14.7 Å².